The van der Waals surface area contributed by atoms with E-state index in [0.29, 0.717) is 40.7 Å². The number of methoxy groups -OCH3 is 1. The van der Waals surface area contributed by atoms with Crippen LogP contribution in [0.15, 0.2) is 65.6 Å². The first-order chi connectivity index (χ1) is 16.9. The molecule has 0 N–H and O–H groups in total. The number of carbonyl (C=O) groups is 2. The molecule has 9 heteroatoms. The molecule has 3 aromatic carbocycles. The molecule has 6 nitrogen and oxygen atoms in total. The summed E-state index contributed by atoms with van der Waals surface area (Å²) in [5, 5.41) is -0.181. The van der Waals surface area contributed by atoms with E-state index in [9.17, 15) is 14.0 Å². The number of carbonyl (C=O) groups excluding carboxylic acids is 2. The Balaban J connectivity index is 1.62. The summed E-state index contributed by atoms with van der Waals surface area (Å²) in [6, 6.07) is 16.2. The molecule has 0 unspecified atom stereocenters. The Hall–Kier alpha value is -3.49. The van der Waals surface area contributed by atoms with Crippen molar-refractivity contribution in [2.75, 3.05) is 18.6 Å². The van der Waals surface area contributed by atoms with Crippen LogP contribution in [-0.2, 0) is 11.4 Å². The average Bonchev–Trinajstić information content (AvgIpc) is 3.11. The average molecular weight is 514 g/mol. The normalized spacial score (nSPS) is 14.5. The zero-order valence-electron chi connectivity index (χ0n) is 18.9. The van der Waals surface area contributed by atoms with Crippen molar-refractivity contribution in [3.05, 3.63) is 87.5 Å². The van der Waals surface area contributed by atoms with Crippen LogP contribution in [-0.4, -0.2) is 24.9 Å². The number of ether oxygens (including phenoxy) is 3. The molecule has 1 aliphatic heterocycles. The fraction of sp³-hybridized carbons (Fsp3) is 0.154. The van der Waals surface area contributed by atoms with Gasteiger partial charge in [0.2, 0.25) is 0 Å². The Kier molecular flexibility index (Phi) is 7.63. The molecule has 1 heterocycles. The van der Waals surface area contributed by atoms with Gasteiger partial charge in [-0.3, -0.25) is 9.59 Å². The number of imide groups is 1. The highest BCUT2D eigenvalue weighted by Gasteiger charge is 2.37. The van der Waals surface area contributed by atoms with E-state index in [-0.39, 0.29) is 22.4 Å². The standard InChI is InChI=1S/C26H21ClFNO5S/c1-3-33-22-13-17(12-19(27)24(22)34-15-16-7-6-8-18(28)11-16)14-23-25(30)29(26(31)35-23)20-9-4-5-10-21(20)32-2/h4-14H,3,15H2,1-2H3/b23-14-. The van der Waals surface area contributed by atoms with Crippen LogP contribution in [0, 0.1) is 5.82 Å². The summed E-state index contributed by atoms with van der Waals surface area (Å²) in [6.07, 6.45) is 1.57. The number of hydrogen-bond acceptors (Lipinski definition) is 6. The highest BCUT2D eigenvalue weighted by molar-refractivity contribution is 8.19. The van der Waals surface area contributed by atoms with Crippen molar-refractivity contribution in [2.45, 2.75) is 13.5 Å². The predicted octanol–water partition coefficient (Wildman–Crippen LogP) is 6.71. The summed E-state index contributed by atoms with van der Waals surface area (Å²) in [5.41, 5.74) is 1.56. The van der Waals surface area contributed by atoms with Gasteiger partial charge in [-0.1, -0.05) is 35.9 Å². The van der Waals surface area contributed by atoms with Crippen LogP contribution in [0.3, 0.4) is 0 Å². The van der Waals surface area contributed by atoms with Crippen molar-refractivity contribution in [3.8, 4) is 17.2 Å². The summed E-state index contributed by atoms with van der Waals surface area (Å²) in [5.74, 6) is 0.255. The molecule has 0 atom stereocenters. The second-order valence-electron chi connectivity index (χ2n) is 7.37. The van der Waals surface area contributed by atoms with E-state index < -0.39 is 11.1 Å². The topological polar surface area (TPSA) is 65.1 Å². The highest BCUT2D eigenvalue weighted by atomic mass is 35.5. The van der Waals surface area contributed by atoms with Gasteiger partial charge in [-0.25, -0.2) is 9.29 Å². The minimum absolute atomic E-state index is 0.0920. The largest absolute Gasteiger partial charge is 0.495 e. The van der Waals surface area contributed by atoms with Gasteiger partial charge in [0.25, 0.3) is 11.1 Å². The number of benzene rings is 3. The smallest absolute Gasteiger partial charge is 0.298 e. The van der Waals surface area contributed by atoms with E-state index in [4.69, 9.17) is 25.8 Å². The van der Waals surface area contributed by atoms with Crippen LogP contribution in [0.1, 0.15) is 18.1 Å². The Labute approximate surface area is 211 Å². The van der Waals surface area contributed by atoms with Crippen molar-refractivity contribution in [3.63, 3.8) is 0 Å². The van der Waals surface area contributed by atoms with Crippen LogP contribution in [0.2, 0.25) is 5.02 Å². The summed E-state index contributed by atoms with van der Waals surface area (Å²) in [7, 11) is 1.48. The number of amides is 2. The summed E-state index contributed by atoms with van der Waals surface area (Å²) < 4.78 is 30.3. The number of para-hydroxylation sites is 2. The lowest BCUT2D eigenvalue weighted by Gasteiger charge is -2.16. The molecule has 1 fully saturated rings. The first-order valence-corrected chi connectivity index (χ1v) is 11.8. The van der Waals surface area contributed by atoms with Crippen LogP contribution in [0.4, 0.5) is 14.9 Å². The molecule has 35 heavy (non-hydrogen) atoms. The number of anilines is 1. The monoisotopic (exact) mass is 513 g/mol. The minimum Gasteiger partial charge on any atom is -0.495 e. The Bertz CT molecular complexity index is 1310. The van der Waals surface area contributed by atoms with Gasteiger partial charge in [0.15, 0.2) is 11.5 Å². The van der Waals surface area contributed by atoms with E-state index in [1.165, 1.54) is 19.2 Å². The Morgan fingerprint density at radius 1 is 1.03 bits per heavy atom. The molecule has 0 saturated carbocycles. The van der Waals surface area contributed by atoms with Crippen molar-refractivity contribution in [1.29, 1.82) is 0 Å². The van der Waals surface area contributed by atoms with Gasteiger partial charge in [0.05, 0.1) is 29.3 Å². The van der Waals surface area contributed by atoms with Crippen LogP contribution < -0.4 is 19.1 Å². The molecular formula is C26H21ClFNO5S. The van der Waals surface area contributed by atoms with Gasteiger partial charge in [-0.15, -0.1) is 0 Å². The lowest BCUT2D eigenvalue weighted by atomic mass is 10.1. The lowest BCUT2D eigenvalue weighted by molar-refractivity contribution is -0.113. The number of rotatable bonds is 8. The third-order valence-corrected chi connectivity index (χ3v) is 6.17. The van der Waals surface area contributed by atoms with E-state index in [1.54, 1.807) is 54.6 Å². The molecule has 1 saturated heterocycles. The number of nitrogens with zero attached hydrogens (tertiary/aromatic N) is 1. The molecule has 0 radical (unpaired) electrons. The maximum Gasteiger partial charge on any atom is 0.298 e. The molecule has 3 aromatic rings. The van der Waals surface area contributed by atoms with E-state index >= 15 is 0 Å². The van der Waals surface area contributed by atoms with Crippen LogP contribution in [0.25, 0.3) is 6.08 Å². The number of hydrogen-bond donors (Lipinski definition) is 0. The van der Waals surface area contributed by atoms with Crippen molar-refractivity contribution >= 4 is 46.3 Å². The van der Waals surface area contributed by atoms with Gasteiger partial charge in [-0.2, -0.15) is 0 Å². The molecule has 4 rings (SSSR count). The predicted molar refractivity (Wildman–Crippen MR) is 135 cm³/mol. The maximum atomic E-state index is 13.5. The van der Waals surface area contributed by atoms with E-state index in [2.05, 4.69) is 0 Å². The molecule has 1 aliphatic rings. The maximum absolute atomic E-state index is 13.5. The Morgan fingerprint density at radius 2 is 1.83 bits per heavy atom. The first kappa shape index (κ1) is 24.6. The third kappa shape index (κ3) is 5.44. The van der Waals surface area contributed by atoms with Crippen molar-refractivity contribution in [1.82, 2.24) is 0 Å². The third-order valence-electron chi connectivity index (χ3n) is 5.02. The van der Waals surface area contributed by atoms with Gasteiger partial charge in [0, 0.05) is 0 Å². The second kappa shape index (κ2) is 10.8. The minimum atomic E-state index is -0.468. The van der Waals surface area contributed by atoms with Crippen LogP contribution in [0.5, 0.6) is 17.2 Å². The summed E-state index contributed by atoms with van der Waals surface area (Å²) >= 11 is 7.31. The van der Waals surface area contributed by atoms with E-state index in [1.807, 2.05) is 6.92 Å². The fourth-order valence-electron chi connectivity index (χ4n) is 3.50. The Morgan fingerprint density at radius 3 is 2.57 bits per heavy atom. The molecule has 0 aliphatic carbocycles. The molecule has 0 spiro atoms. The number of thioether (sulfide) groups is 1. The molecule has 0 aromatic heterocycles. The van der Waals surface area contributed by atoms with Crippen molar-refractivity contribution < 1.29 is 28.2 Å². The quantitative estimate of drug-likeness (QED) is 0.312. The van der Waals surface area contributed by atoms with E-state index in [0.717, 1.165) is 16.7 Å². The summed E-state index contributed by atoms with van der Waals surface area (Å²) in [4.78, 5) is 27.1. The van der Waals surface area contributed by atoms with Gasteiger partial charge in [0.1, 0.15) is 18.2 Å². The molecule has 180 valence electrons. The molecule has 2 amide bonds. The van der Waals surface area contributed by atoms with Gasteiger partial charge in [-0.05, 0) is 72.3 Å². The van der Waals surface area contributed by atoms with Crippen molar-refractivity contribution in [2.24, 2.45) is 0 Å². The second-order valence-corrected chi connectivity index (χ2v) is 8.77. The summed E-state index contributed by atoms with van der Waals surface area (Å²) in [6.45, 7) is 2.25. The highest BCUT2D eigenvalue weighted by Crippen LogP contribution is 2.42. The molecular weight excluding hydrogens is 493 g/mol. The lowest BCUT2D eigenvalue weighted by Crippen LogP contribution is -2.28. The fourth-order valence-corrected chi connectivity index (χ4v) is 4.61. The zero-order chi connectivity index (χ0) is 24.9. The van der Waals surface area contributed by atoms with Gasteiger partial charge >= 0.3 is 0 Å². The first-order valence-electron chi connectivity index (χ1n) is 10.7. The number of halogens is 2. The molecule has 0 bridgehead atoms. The van der Waals surface area contributed by atoms with Crippen LogP contribution >= 0.6 is 23.4 Å². The SMILES string of the molecule is CCOc1cc(/C=C2\SC(=O)N(c3ccccc3OC)C2=O)cc(Cl)c1OCc1cccc(F)c1. The van der Waals surface area contributed by atoms with Gasteiger partial charge < -0.3 is 14.2 Å². The zero-order valence-corrected chi connectivity index (χ0v) is 20.5.